The molecular formula is C17H16F3N3O4. The van der Waals surface area contributed by atoms with Gasteiger partial charge in [-0.1, -0.05) is 18.2 Å². The standard InChI is InChI=1S/C17H16F3N3O4/c18-17(19,20)13-4-2-1-3-12(13)14-5-11(24)8-23(14)15(25)9-22-7-10(6-21-22)16(26)27/h1-4,6-7,11,14,24H,5,8-9H2,(H,26,27). The quantitative estimate of drug-likeness (QED) is 0.841. The van der Waals surface area contributed by atoms with Crippen LogP contribution in [-0.4, -0.2) is 49.4 Å². The molecule has 2 aromatic rings. The second-order valence-electron chi connectivity index (χ2n) is 6.27. The van der Waals surface area contributed by atoms with Gasteiger partial charge >= 0.3 is 12.1 Å². The van der Waals surface area contributed by atoms with Crippen molar-refractivity contribution in [3.8, 4) is 0 Å². The number of aliphatic hydroxyl groups is 1. The first-order valence-electron chi connectivity index (χ1n) is 8.06. The molecule has 1 aliphatic heterocycles. The molecule has 1 fully saturated rings. The number of hydrogen-bond donors (Lipinski definition) is 2. The van der Waals surface area contributed by atoms with Crippen molar-refractivity contribution in [1.82, 2.24) is 14.7 Å². The van der Waals surface area contributed by atoms with Crippen molar-refractivity contribution in [3.63, 3.8) is 0 Å². The summed E-state index contributed by atoms with van der Waals surface area (Å²) in [6, 6.07) is 4.02. The van der Waals surface area contributed by atoms with Gasteiger partial charge in [-0.2, -0.15) is 18.3 Å². The van der Waals surface area contributed by atoms with E-state index in [-0.39, 0.29) is 30.6 Å². The summed E-state index contributed by atoms with van der Waals surface area (Å²) in [6.45, 7) is -0.451. The minimum atomic E-state index is -4.59. The first-order chi connectivity index (χ1) is 12.7. The second-order valence-corrected chi connectivity index (χ2v) is 6.27. The lowest BCUT2D eigenvalue weighted by atomic mass is 9.97. The summed E-state index contributed by atoms with van der Waals surface area (Å²) < 4.78 is 41.1. The number of rotatable bonds is 4. The molecular weight excluding hydrogens is 367 g/mol. The minimum absolute atomic E-state index is 0.0156. The zero-order chi connectivity index (χ0) is 19.8. The maximum atomic E-state index is 13.3. The summed E-state index contributed by atoms with van der Waals surface area (Å²) in [5, 5.41) is 22.6. The first-order valence-corrected chi connectivity index (χ1v) is 8.06. The van der Waals surface area contributed by atoms with Crippen molar-refractivity contribution in [1.29, 1.82) is 0 Å². The number of hydrogen-bond acceptors (Lipinski definition) is 4. The third-order valence-corrected chi connectivity index (χ3v) is 4.40. The fraction of sp³-hybridized carbons (Fsp3) is 0.353. The molecule has 2 atom stereocenters. The van der Waals surface area contributed by atoms with E-state index < -0.39 is 35.8 Å². The number of nitrogens with zero attached hydrogens (tertiary/aromatic N) is 3. The number of aliphatic hydroxyl groups excluding tert-OH is 1. The predicted octanol–water partition coefficient (Wildman–Crippen LogP) is 1.93. The smallest absolute Gasteiger partial charge is 0.416 e. The van der Waals surface area contributed by atoms with Crippen LogP contribution >= 0.6 is 0 Å². The Kier molecular flexibility index (Phi) is 4.92. The highest BCUT2D eigenvalue weighted by atomic mass is 19.4. The van der Waals surface area contributed by atoms with Gasteiger partial charge in [0.25, 0.3) is 0 Å². The van der Waals surface area contributed by atoms with Crippen LogP contribution in [0.25, 0.3) is 0 Å². The molecule has 1 saturated heterocycles. The average molecular weight is 383 g/mol. The van der Waals surface area contributed by atoms with E-state index in [1.165, 1.54) is 23.1 Å². The maximum Gasteiger partial charge on any atom is 0.416 e. The van der Waals surface area contributed by atoms with Crippen LogP contribution < -0.4 is 0 Å². The Bertz CT molecular complexity index is 865. The molecule has 3 rings (SSSR count). The molecule has 1 aromatic carbocycles. The van der Waals surface area contributed by atoms with Crippen LogP contribution in [0, 0.1) is 0 Å². The summed E-state index contributed by atoms with van der Waals surface area (Å²) in [7, 11) is 0. The van der Waals surface area contributed by atoms with Crippen LogP contribution in [0.3, 0.4) is 0 Å². The van der Waals surface area contributed by atoms with E-state index in [1.807, 2.05) is 0 Å². The topological polar surface area (TPSA) is 95.7 Å². The number of β-amino-alcohol motifs (C(OH)–C–C–N with tert-alkyl or cyclic N) is 1. The Morgan fingerprint density at radius 3 is 2.59 bits per heavy atom. The number of alkyl halides is 3. The van der Waals surface area contributed by atoms with Gasteiger partial charge in [0.1, 0.15) is 6.54 Å². The van der Waals surface area contributed by atoms with Crippen LogP contribution in [0.5, 0.6) is 0 Å². The zero-order valence-corrected chi connectivity index (χ0v) is 13.9. The lowest BCUT2D eigenvalue weighted by Crippen LogP contribution is -2.35. The highest BCUT2D eigenvalue weighted by Crippen LogP contribution is 2.40. The zero-order valence-electron chi connectivity index (χ0n) is 13.9. The fourth-order valence-corrected chi connectivity index (χ4v) is 3.22. The molecule has 1 aromatic heterocycles. The van der Waals surface area contributed by atoms with Crippen molar-refractivity contribution in [2.24, 2.45) is 0 Å². The van der Waals surface area contributed by atoms with Crippen LogP contribution in [0.1, 0.15) is 33.9 Å². The lowest BCUT2D eigenvalue weighted by molar-refractivity contribution is -0.140. The molecule has 0 aliphatic carbocycles. The third kappa shape index (κ3) is 3.95. The fourth-order valence-electron chi connectivity index (χ4n) is 3.22. The maximum absolute atomic E-state index is 13.3. The van der Waals surface area contributed by atoms with Gasteiger partial charge in [0, 0.05) is 12.7 Å². The van der Waals surface area contributed by atoms with Gasteiger partial charge < -0.3 is 15.1 Å². The number of carbonyl (C=O) groups excluding carboxylic acids is 1. The van der Waals surface area contributed by atoms with Crippen molar-refractivity contribution in [2.75, 3.05) is 6.54 Å². The van der Waals surface area contributed by atoms with E-state index in [4.69, 9.17) is 5.11 Å². The summed E-state index contributed by atoms with van der Waals surface area (Å²) in [5.74, 6) is -1.77. The number of carboxylic acid groups (broad SMARTS) is 1. The highest BCUT2D eigenvalue weighted by molar-refractivity contribution is 5.87. The summed E-state index contributed by atoms with van der Waals surface area (Å²) in [6.07, 6.45) is -3.32. The van der Waals surface area contributed by atoms with Gasteiger partial charge in [0.05, 0.1) is 29.5 Å². The number of aromatic carboxylic acids is 1. The molecule has 2 heterocycles. The molecule has 1 amide bonds. The highest BCUT2D eigenvalue weighted by Gasteiger charge is 2.41. The summed E-state index contributed by atoms with van der Waals surface area (Å²) in [4.78, 5) is 24.7. The molecule has 10 heteroatoms. The monoisotopic (exact) mass is 383 g/mol. The van der Waals surface area contributed by atoms with Gasteiger partial charge in [0.15, 0.2) is 0 Å². The van der Waals surface area contributed by atoms with E-state index in [2.05, 4.69) is 5.10 Å². The Balaban J connectivity index is 1.86. The normalized spacial score (nSPS) is 20.1. The minimum Gasteiger partial charge on any atom is -0.478 e. The van der Waals surface area contributed by atoms with Gasteiger partial charge in [-0.3, -0.25) is 9.48 Å². The SMILES string of the molecule is O=C(O)c1cnn(CC(=O)N2CC(O)CC2c2ccccc2C(F)(F)F)c1. The third-order valence-electron chi connectivity index (χ3n) is 4.40. The number of carbonyl (C=O) groups is 2. The van der Waals surface area contributed by atoms with Crippen molar-refractivity contribution in [2.45, 2.75) is 31.3 Å². The van der Waals surface area contributed by atoms with Gasteiger partial charge in [-0.05, 0) is 18.1 Å². The van der Waals surface area contributed by atoms with Crippen LogP contribution in [-0.2, 0) is 17.5 Å². The molecule has 0 radical (unpaired) electrons. The summed E-state index contributed by atoms with van der Waals surface area (Å²) in [5.41, 5.74) is -1.04. The molecule has 1 aliphatic rings. The predicted molar refractivity (Wildman–Crippen MR) is 85.7 cm³/mol. The molecule has 0 spiro atoms. The molecule has 27 heavy (non-hydrogen) atoms. The van der Waals surface area contributed by atoms with E-state index in [0.717, 1.165) is 23.1 Å². The van der Waals surface area contributed by atoms with Crippen molar-refractivity contribution < 1.29 is 33.0 Å². The van der Waals surface area contributed by atoms with E-state index in [1.54, 1.807) is 0 Å². The Morgan fingerprint density at radius 1 is 1.26 bits per heavy atom. The largest absolute Gasteiger partial charge is 0.478 e. The van der Waals surface area contributed by atoms with Crippen molar-refractivity contribution in [3.05, 3.63) is 53.3 Å². The average Bonchev–Trinajstić information content (AvgIpc) is 3.21. The van der Waals surface area contributed by atoms with E-state index in [0.29, 0.717) is 0 Å². The Hall–Kier alpha value is -2.88. The van der Waals surface area contributed by atoms with Gasteiger partial charge in [-0.25, -0.2) is 4.79 Å². The number of benzene rings is 1. The van der Waals surface area contributed by atoms with Crippen molar-refractivity contribution >= 4 is 11.9 Å². The number of likely N-dealkylation sites (tertiary alicyclic amines) is 1. The molecule has 2 unspecified atom stereocenters. The van der Waals surface area contributed by atoms with E-state index >= 15 is 0 Å². The van der Waals surface area contributed by atoms with Gasteiger partial charge in [0.2, 0.25) is 5.91 Å². The molecule has 144 valence electrons. The molecule has 0 bridgehead atoms. The molecule has 0 saturated carbocycles. The number of amides is 1. The Labute approximate surface area is 151 Å². The van der Waals surface area contributed by atoms with Crippen LogP contribution in [0.15, 0.2) is 36.7 Å². The molecule has 7 nitrogen and oxygen atoms in total. The molecule has 2 N–H and O–H groups in total. The summed E-state index contributed by atoms with van der Waals surface area (Å²) >= 11 is 0. The number of carboxylic acids is 1. The first kappa shape index (κ1) is 18.9. The number of halogens is 3. The number of aromatic nitrogens is 2. The Morgan fingerprint density at radius 2 is 1.96 bits per heavy atom. The van der Waals surface area contributed by atoms with Crippen LogP contribution in [0.4, 0.5) is 13.2 Å². The van der Waals surface area contributed by atoms with E-state index in [9.17, 15) is 27.9 Å². The lowest BCUT2D eigenvalue weighted by Gasteiger charge is -2.27. The second kappa shape index (κ2) is 7.03. The van der Waals surface area contributed by atoms with Gasteiger partial charge in [-0.15, -0.1) is 0 Å². The van der Waals surface area contributed by atoms with Crippen LogP contribution in [0.2, 0.25) is 0 Å².